The molecule has 4 nitrogen and oxygen atoms in total. The molecule has 0 spiro atoms. The lowest BCUT2D eigenvalue weighted by Crippen LogP contribution is -2.42. The summed E-state index contributed by atoms with van der Waals surface area (Å²) in [6, 6.07) is 7.53. The van der Waals surface area contributed by atoms with Crippen molar-refractivity contribution in [2.24, 2.45) is 11.1 Å². The summed E-state index contributed by atoms with van der Waals surface area (Å²) in [5.74, 6) is 0.171. The normalized spacial score (nSPS) is 29.0. The van der Waals surface area contributed by atoms with Crippen LogP contribution in [0.3, 0.4) is 0 Å². The van der Waals surface area contributed by atoms with Gasteiger partial charge in [0, 0.05) is 13.1 Å². The fraction of sp³-hybridized carbons (Fsp3) is 0.562. The average molecular weight is 344 g/mol. The first-order valence-corrected chi connectivity index (χ1v) is 7.92. The zero-order valence-electron chi connectivity index (χ0n) is 12.8. The van der Waals surface area contributed by atoms with Crippen LogP contribution in [-0.4, -0.2) is 43.0 Å². The highest BCUT2D eigenvalue weighted by Gasteiger charge is 2.42. The van der Waals surface area contributed by atoms with Gasteiger partial charge in [-0.05, 0) is 43.5 Å². The summed E-state index contributed by atoms with van der Waals surface area (Å²) in [6.07, 6.45) is 1.93. The number of rotatable bonds is 3. The SMILES string of the molecule is CC1(CN)CCN(C2CCN(c3ccccc3Cl)C2=O)C1.Cl. The van der Waals surface area contributed by atoms with Crippen molar-refractivity contribution < 1.29 is 4.79 Å². The van der Waals surface area contributed by atoms with Gasteiger partial charge in [0.05, 0.1) is 16.8 Å². The standard InChI is InChI=1S/C16H22ClN3O.ClH/c1-16(10-18)7-9-19(11-16)14-6-8-20(15(14)21)13-5-3-2-4-12(13)17;/h2-5,14H,6-11,18H2,1H3;1H. The second-order valence-corrected chi connectivity index (χ2v) is 6.89. The third-order valence-electron chi connectivity index (χ3n) is 4.84. The number of anilines is 1. The van der Waals surface area contributed by atoms with Crippen LogP contribution in [0.2, 0.25) is 5.02 Å². The van der Waals surface area contributed by atoms with Gasteiger partial charge in [0.1, 0.15) is 0 Å². The number of amides is 1. The Labute approximate surface area is 143 Å². The molecule has 6 heteroatoms. The molecular weight excluding hydrogens is 321 g/mol. The smallest absolute Gasteiger partial charge is 0.244 e. The van der Waals surface area contributed by atoms with Gasteiger partial charge in [0.15, 0.2) is 0 Å². The molecule has 22 heavy (non-hydrogen) atoms. The zero-order valence-corrected chi connectivity index (χ0v) is 14.4. The van der Waals surface area contributed by atoms with E-state index in [9.17, 15) is 4.79 Å². The number of carbonyl (C=O) groups is 1. The van der Waals surface area contributed by atoms with Crippen LogP contribution in [0.25, 0.3) is 0 Å². The topological polar surface area (TPSA) is 49.6 Å². The Morgan fingerprint density at radius 1 is 1.36 bits per heavy atom. The molecule has 1 amide bonds. The summed E-state index contributed by atoms with van der Waals surface area (Å²) >= 11 is 6.22. The first kappa shape index (κ1) is 17.5. The maximum atomic E-state index is 12.7. The van der Waals surface area contributed by atoms with E-state index in [-0.39, 0.29) is 29.8 Å². The summed E-state index contributed by atoms with van der Waals surface area (Å²) in [7, 11) is 0. The van der Waals surface area contributed by atoms with Gasteiger partial charge in [-0.15, -0.1) is 12.4 Å². The molecule has 0 aliphatic carbocycles. The highest BCUT2D eigenvalue weighted by molar-refractivity contribution is 6.33. The average Bonchev–Trinajstić information content (AvgIpc) is 3.04. The van der Waals surface area contributed by atoms with Crippen molar-refractivity contribution in [1.82, 2.24) is 4.90 Å². The molecule has 0 saturated carbocycles. The molecule has 122 valence electrons. The van der Waals surface area contributed by atoms with Crippen LogP contribution in [0.5, 0.6) is 0 Å². The second-order valence-electron chi connectivity index (χ2n) is 6.48. The molecule has 2 N–H and O–H groups in total. The van der Waals surface area contributed by atoms with Crippen molar-refractivity contribution in [2.45, 2.75) is 25.8 Å². The van der Waals surface area contributed by atoms with Gasteiger partial charge in [-0.3, -0.25) is 9.69 Å². The molecule has 2 fully saturated rings. The molecule has 2 heterocycles. The van der Waals surface area contributed by atoms with Gasteiger partial charge in [-0.1, -0.05) is 30.7 Å². The second kappa shape index (κ2) is 6.75. The molecule has 0 aromatic heterocycles. The summed E-state index contributed by atoms with van der Waals surface area (Å²) < 4.78 is 0. The molecule has 2 atom stereocenters. The predicted octanol–water partition coefficient (Wildman–Crippen LogP) is 2.54. The van der Waals surface area contributed by atoms with Crippen LogP contribution < -0.4 is 10.6 Å². The van der Waals surface area contributed by atoms with E-state index < -0.39 is 0 Å². The molecular formula is C16H23Cl2N3O. The fourth-order valence-corrected chi connectivity index (χ4v) is 3.65. The maximum Gasteiger partial charge on any atom is 0.244 e. The first-order chi connectivity index (χ1) is 10.0. The van der Waals surface area contributed by atoms with Crippen molar-refractivity contribution in [3.63, 3.8) is 0 Å². The minimum absolute atomic E-state index is 0. The van der Waals surface area contributed by atoms with E-state index >= 15 is 0 Å². The van der Waals surface area contributed by atoms with Crippen molar-refractivity contribution in [2.75, 3.05) is 31.1 Å². The molecule has 2 aliphatic rings. The molecule has 0 bridgehead atoms. The Balaban J connectivity index is 0.00000176. The number of nitrogens with zero attached hydrogens (tertiary/aromatic N) is 2. The van der Waals surface area contributed by atoms with E-state index in [0.717, 1.165) is 38.2 Å². The number of likely N-dealkylation sites (tertiary alicyclic amines) is 1. The van der Waals surface area contributed by atoms with Crippen LogP contribution in [0.4, 0.5) is 5.69 Å². The summed E-state index contributed by atoms with van der Waals surface area (Å²) in [5, 5.41) is 0.639. The lowest BCUT2D eigenvalue weighted by atomic mass is 9.90. The minimum Gasteiger partial charge on any atom is -0.330 e. The summed E-state index contributed by atoms with van der Waals surface area (Å²) in [5.41, 5.74) is 6.84. The lowest BCUT2D eigenvalue weighted by Gasteiger charge is -2.26. The fourth-order valence-electron chi connectivity index (χ4n) is 3.41. The molecule has 1 aromatic rings. The molecule has 1 aromatic carbocycles. The van der Waals surface area contributed by atoms with Crippen LogP contribution in [0, 0.1) is 5.41 Å². The number of hydrogen-bond donors (Lipinski definition) is 1. The van der Waals surface area contributed by atoms with E-state index in [1.807, 2.05) is 29.2 Å². The zero-order chi connectivity index (χ0) is 15.0. The Morgan fingerprint density at radius 2 is 2.09 bits per heavy atom. The third kappa shape index (κ3) is 3.11. The minimum atomic E-state index is -0.0188. The molecule has 2 aliphatic heterocycles. The highest BCUT2D eigenvalue weighted by Crippen LogP contribution is 2.35. The van der Waals surface area contributed by atoms with Gasteiger partial charge in [-0.2, -0.15) is 0 Å². The van der Waals surface area contributed by atoms with Gasteiger partial charge in [0.2, 0.25) is 5.91 Å². The Morgan fingerprint density at radius 3 is 2.73 bits per heavy atom. The van der Waals surface area contributed by atoms with Gasteiger partial charge >= 0.3 is 0 Å². The predicted molar refractivity (Wildman–Crippen MR) is 92.8 cm³/mol. The quantitative estimate of drug-likeness (QED) is 0.917. The number of halogens is 2. The highest BCUT2D eigenvalue weighted by atomic mass is 35.5. The number of benzene rings is 1. The Bertz CT molecular complexity index is 554. The van der Waals surface area contributed by atoms with E-state index in [2.05, 4.69) is 11.8 Å². The summed E-state index contributed by atoms with van der Waals surface area (Å²) in [4.78, 5) is 16.9. The van der Waals surface area contributed by atoms with Crippen molar-refractivity contribution in [3.05, 3.63) is 29.3 Å². The van der Waals surface area contributed by atoms with Crippen molar-refractivity contribution in [1.29, 1.82) is 0 Å². The van der Waals surface area contributed by atoms with E-state index in [1.54, 1.807) is 0 Å². The largest absolute Gasteiger partial charge is 0.330 e. The first-order valence-electron chi connectivity index (χ1n) is 7.54. The Kier molecular flexibility index (Phi) is 5.38. The van der Waals surface area contributed by atoms with Crippen molar-refractivity contribution >= 4 is 35.6 Å². The summed E-state index contributed by atoms with van der Waals surface area (Å²) in [6.45, 7) is 5.50. The van der Waals surface area contributed by atoms with Crippen LogP contribution >= 0.6 is 24.0 Å². The maximum absolute atomic E-state index is 12.7. The molecule has 0 radical (unpaired) electrons. The number of nitrogens with two attached hydrogens (primary N) is 1. The van der Waals surface area contributed by atoms with Gasteiger partial charge in [0.25, 0.3) is 0 Å². The van der Waals surface area contributed by atoms with Crippen LogP contribution in [-0.2, 0) is 4.79 Å². The molecule has 2 saturated heterocycles. The third-order valence-corrected chi connectivity index (χ3v) is 5.16. The number of para-hydroxylation sites is 1. The number of carbonyl (C=O) groups excluding carboxylic acids is 1. The van der Waals surface area contributed by atoms with E-state index in [0.29, 0.717) is 11.6 Å². The molecule has 3 rings (SSSR count). The van der Waals surface area contributed by atoms with Gasteiger partial charge in [-0.25, -0.2) is 0 Å². The number of hydrogen-bond acceptors (Lipinski definition) is 3. The Hall–Kier alpha value is -0.810. The molecule has 2 unspecified atom stereocenters. The van der Waals surface area contributed by atoms with Crippen molar-refractivity contribution in [3.8, 4) is 0 Å². The van der Waals surface area contributed by atoms with Crippen LogP contribution in [0.1, 0.15) is 19.8 Å². The van der Waals surface area contributed by atoms with E-state index in [1.165, 1.54) is 0 Å². The van der Waals surface area contributed by atoms with Gasteiger partial charge < -0.3 is 10.6 Å². The monoisotopic (exact) mass is 343 g/mol. The van der Waals surface area contributed by atoms with Crippen LogP contribution in [0.15, 0.2) is 24.3 Å². The lowest BCUT2D eigenvalue weighted by molar-refractivity contribution is -0.121. The van der Waals surface area contributed by atoms with E-state index in [4.69, 9.17) is 17.3 Å².